The Kier molecular flexibility index (Phi) is 3.55. The van der Waals surface area contributed by atoms with E-state index in [2.05, 4.69) is 27.8 Å². The predicted molar refractivity (Wildman–Crippen MR) is 73.7 cm³/mol. The van der Waals surface area contributed by atoms with Crippen LogP contribution in [0.5, 0.6) is 0 Å². The normalized spacial score (nSPS) is 29.4. The zero-order valence-electron chi connectivity index (χ0n) is 10.8. The van der Waals surface area contributed by atoms with E-state index in [1.807, 2.05) is 12.3 Å². The maximum Gasteiger partial charge on any atom is 0.129 e. The molecule has 2 saturated heterocycles. The van der Waals surface area contributed by atoms with E-state index in [0.717, 1.165) is 12.6 Å². The van der Waals surface area contributed by atoms with Crippen molar-refractivity contribution < 1.29 is 0 Å². The molecule has 0 aliphatic carbocycles. The molecule has 4 heteroatoms. The zero-order chi connectivity index (χ0) is 12.5. The maximum atomic E-state index is 5.82. The monoisotopic (exact) mass is 265 g/mol. The molecule has 0 aromatic carbocycles. The summed E-state index contributed by atoms with van der Waals surface area (Å²) in [6.07, 6.45) is 4.63. The lowest BCUT2D eigenvalue weighted by Crippen LogP contribution is -2.54. The second-order valence-electron chi connectivity index (χ2n) is 5.56. The van der Waals surface area contributed by atoms with Gasteiger partial charge in [0, 0.05) is 37.9 Å². The first-order valence-corrected chi connectivity index (χ1v) is 7.19. The van der Waals surface area contributed by atoms with Crippen molar-refractivity contribution in [1.82, 2.24) is 14.8 Å². The van der Waals surface area contributed by atoms with Gasteiger partial charge in [0.1, 0.15) is 5.15 Å². The Morgan fingerprint density at radius 2 is 2.28 bits per heavy atom. The highest BCUT2D eigenvalue weighted by molar-refractivity contribution is 6.29. The van der Waals surface area contributed by atoms with Crippen molar-refractivity contribution in [2.45, 2.75) is 38.4 Å². The van der Waals surface area contributed by atoms with Crippen LogP contribution in [0.15, 0.2) is 18.3 Å². The van der Waals surface area contributed by atoms with Gasteiger partial charge in [-0.3, -0.25) is 9.80 Å². The van der Waals surface area contributed by atoms with Crippen molar-refractivity contribution in [3.63, 3.8) is 0 Å². The van der Waals surface area contributed by atoms with E-state index in [9.17, 15) is 0 Å². The van der Waals surface area contributed by atoms with Gasteiger partial charge in [-0.1, -0.05) is 17.7 Å². The minimum atomic E-state index is 0.576. The summed E-state index contributed by atoms with van der Waals surface area (Å²) in [5, 5.41) is 0.576. The fourth-order valence-corrected chi connectivity index (χ4v) is 3.31. The summed E-state index contributed by atoms with van der Waals surface area (Å²) in [6.45, 7) is 7.04. The molecule has 0 saturated carbocycles. The van der Waals surface area contributed by atoms with Crippen molar-refractivity contribution in [3.05, 3.63) is 29.0 Å². The Labute approximate surface area is 114 Å². The van der Waals surface area contributed by atoms with Gasteiger partial charge in [-0.2, -0.15) is 0 Å². The zero-order valence-corrected chi connectivity index (χ0v) is 11.6. The lowest BCUT2D eigenvalue weighted by Gasteiger charge is -2.42. The Bertz CT molecular complexity index is 406. The lowest BCUT2D eigenvalue weighted by molar-refractivity contribution is 0.0540. The molecule has 18 heavy (non-hydrogen) atoms. The molecule has 3 rings (SSSR count). The summed E-state index contributed by atoms with van der Waals surface area (Å²) in [5.41, 5.74) is 1.26. The first-order valence-electron chi connectivity index (χ1n) is 6.81. The number of hydrogen-bond donors (Lipinski definition) is 0. The highest BCUT2D eigenvalue weighted by atomic mass is 35.5. The molecule has 0 spiro atoms. The van der Waals surface area contributed by atoms with Crippen LogP contribution in [0.2, 0.25) is 5.15 Å². The number of hydrogen-bond acceptors (Lipinski definition) is 3. The predicted octanol–water partition coefficient (Wildman–Crippen LogP) is 2.40. The average Bonchev–Trinajstić information content (AvgIpc) is 2.79. The molecular weight excluding hydrogens is 246 g/mol. The summed E-state index contributed by atoms with van der Waals surface area (Å²) in [6, 6.07) is 5.38. The molecule has 0 N–H and O–H groups in total. The van der Waals surface area contributed by atoms with Crippen LogP contribution in [0.1, 0.15) is 25.3 Å². The van der Waals surface area contributed by atoms with Gasteiger partial charge < -0.3 is 0 Å². The molecule has 2 fully saturated rings. The minimum absolute atomic E-state index is 0.576. The van der Waals surface area contributed by atoms with E-state index >= 15 is 0 Å². The van der Waals surface area contributed by atoms with Gasteiger partial charge in [-0.15, -0.1) is 0 Å². The minimum Gasteiger partial charge on any atom is -0.298 e. The van der Waals surface area contributed by atoms with Crippen molar-refractivity contribution in [2.75, 3.05) is 19.6 Å². The smallest absolute Gasteiger partial charge is 0.129 e. The second-order valence-corrected chi connectivity index (χ2v) is 5.95. The molecule has 2 unspecified atom stereocenters. The van der Waals surface area contributed by atoms with Gasteiger partial charge in [-0.05, 0) is 37.9 Å². The highest BCUT2D eigenvalue weighted by Crippen LogP contribution is 2.25. The van der Waals surface area contributed by atoms with Gasteiger partial charge in [0.25, 0.3) is 0 Å². The van der Waals surface area contributed by atoms with Crippen LogP contribution in [0.25, 0.3) is 0 Å². The number of aromatic nitrogens is 1. The molecule has 2 aliphatic heterocycles. The molecule has 0 amide bonds. The first-order chi connectivity index (χ1) is 8.72. The van der Waals surface area contributed by atoms with Crippen molar-refractivity contribution in [1.29, 1.82) is 0 Å². The maximum absolute atomic E-state index is 5.82. The SMILES string of the molecule is CC1CN2CCCC2CN1Cc1ccc(Cl)nc1. The quantitative estimate of drug-likeness (QED) is 0.766. The summed E-state index contributed by atoms with van der Waals surface area (Å²) in [7, 11) is 0. The third kappa shape index (κ3) is 2.53. The molecule has 2 atom stereocenters. The first kappa shape index (κ1) is 12.4. The second kappa shape index (κ2) is 5.16. The molecule has 3 nitrogen and oxygen atoms in total. The van der Waals surface area contributed by atoms with E-state index in [4.69, 9.17) is 11.6 Å². The van der Waals surface area contributed by atoms with E-state index < -0.39 is 0 Å². The number of fused-ring (bicyclic) bond motifs is 1. The van der Waals surface area contributed by atoms with Gasteiger partial charge >= 0.3 is 0 Å². The van der Waals surface area contributed by atoms with Crippen LogP contribution in [-0.2, 0) is 6.54 Å². The van der Waals surface area contributed by atoms with Crippen LogP contribution < -0.4 is 0 Å². The van der Waals surface area contributed by atoms with Crippen molar-refractivity contribution >= 4 is 11.6 Å². The molecule has 0 radical (unpaired) electrons. The number of pyridine rings is 1. The number of piperazine rings is 1. The fraction of sp³-hybridized carbons (Fsp3) is 0.643. The molecular formula is C14H20ClN3. The van der Waals surface area contributed by atoms with Crippen LogP contribution >= 0.6 is 11.6 Å². The van der Waals surface area contributed by atoms with E-state index in [1.54, 1.807) is 0 Å². The van der Waals surface area contributed by atoms with Crippen LogP contribution in [-0.4, -0.2) is 46.5 Å². The summed E-state index contributed by atoms with van der Waals surface area (Å²) < 4.78 is 0. The van der Waals surface area contributed by atoms with Crippen LogP contribution in [0.3, 0.4) is 0 Å². The largest absolute Gasteiger partial charge is 0.298 e. The van der Waals surface area contributed by atoms with Gasteiger partial charge in [0.05, 0.1) is 0 Å². The number of halogens is 1. The van der Waals surface area contributed by atoms with Crippen molar-refractivity contribution in [3.8, 4) is 0 Å². The average molecular weight is 266 g/mol. The van der Waals surface area contributed by atoms with Crippen LogP contribution in [0, 0.1) is 0 Å². The standard InChI is InChI=1S/C14H20ClN3/c1-11-8-17-6-2-3-13(17)10-18(11)9-12-4-5-14(15)16-7-12/h4-5,7,11,13H,2-3,6,8-10H2,1H3. The highest BCUT2D eigenvalue weighted by Gasteiger charge is 2.34. The molecule has 0 bridgehead atoms. The molecule has 3 heterocycles. The third-order valence-corrected chi connectivity index (χ3v) is 4.46. The Morgan fingerprint density at radius 3 is 3.06 bits per heavy atom. The van der Waals surface area contributed by atoms with Gasteiger partial charge in [0.15, 0.2) is 0 Å². The summed E-state index contributed by atoms with van der Waals surface area (Å²) in [4.78, 5) is 9.40. The Balaban J connectivity index is 1.66. The molecule has 2 aliphatic rings. The van der Waals surface area contributed by atoms with Crippen molar-refractivity contribution in [2.24, 2.45) is 0 Å². The third-order valence-electron chi connectivity index (χ3n) is 4.24. The number of rotatable bonds is 2. The van der Waals surface area contributed by atoms with Gasteiger partial charge in [0.2, 0.25) is 0 Å². The Morgan fingerprint density at radius 1 is 1.39 bits per heavy atom. The van der Waals surface area contributed by atoms with E-state index in [1.165, 1.54) is 38.0 Å². The molecule has 1 aromatic rings. The summed E-state index contributed by atoms with van der Waals surface area (Å²) in [5.74, 6) is 0. The van der Waals surface area contributed by atoms with Gasteiger partial charge in [-0.25, -0.2) is 4.98 Å². The molecule has 98 valence electrons. The number of nitrogens with zero attached hydrogens (tertiary/aromatic N) is 3. The lowest BCUT2D eigenvalue weighted by atomic mass is 10.1. The van der Waals surface area contributed by atoms with E-state index in [-0.39, 0.29) is 0 Å². The molecule has 1 aromatic heterocycles. The fourth-order valence-electron chi connectivity index (χ4n) is 3.20. The summed E-state index contributed by atoms with van der Waals surface area (Å²) >= 11 is 5.82. The topological polar surface area (TPSA) is 19.4 Å². The Hall–Kier alpha value is -0.640. The van der Waals surface area contributed by atoms with Crippen LogP contribution in [0.4, 0.5) is 0 Å². The van der Waals surface area contributed by atoms with E-state index in [0.29, 0.717) is 11.2 Å².